The number of benzene rings is 11. The molecule has 7 heteroatoms. The van der Waals surface area contributed by atoms with E-state index >= 15 is 0 Å². The first kappa shape index (κ1) is 19.9. The number of hydrogen-bond donors (Lipinski definition) is 0. The quantitative estimate of drug-likeness (QED) is 0.167. The minimum Gasteiger partial charge on any atom is -0.309 e. The Morgan fingerprint density at radius 2 is 0.714 bits per heavy atom. The predicted octanol–water partition coefficient (Wildman–Crippen LogP) is 18.6. The first-order valence-corrected chi connectivity index (χ1v) is 23.9. The maximum Gasteiger partial charge on any atom is 0.159 e. The van der Waals surface area contributed by atoms with E-state index in [1.165, 1.54) is 18.2 Å². The van der Waals surface area contributed by atoms with Crippen molar-refractivity contribution in [2.75, 3.05) is 0 Å². The molecule has 17 aromatic rings. The van der Waals surface area contributed by atoms with Crippen molar-refractivity contribution in [1.29, 1.82) is 0 Å². The van der Waals surface area contributed by atoms with Crippen LogP contribution in [0.1, 0.15) is 52.1 Å². The average molecular weight is 1040 g/mol. The third-order valence-corrected chi connectivity index (χ3v) is 14.4. The van der Waals surface area contributed by atoms with Gasteiger partial charge in [-0.1, -0.05) is 145 Å². The van der Waals surface area contributed by atoms with Crippen LogP contribution in [-0.4, -0.2) is 28.2 Å². The molecule has 0 saturated heterocycles. The molecule has 6 nitrogen and oxygen atoms in total. The number of fused-ring (bicyclic) bond motifs is 15. The van der Waals surface area contributed by atoms with Crippen LogP contribution in [0.15, 0.2) is 254 Å². The summed E-state index contributed by atoms with van der Waals surface area (Å²) in [5.41, 5.74) is -8.95. The zero-order valence-corrected chi connectivity index (χ0v) is 39.2. The molecule has 0 unspecified atom stereocenters. The van der Waals surface area contributed by atoms with Crippen molar-refractivity contribution in [2.45, 2.75) is 0 Å². The molecule has 0 bridgehead atoms. The molecule has 17 rings (SSSR count). The van der Waals surface area contributed by atoms with Gasteiger partial charge < -0.3 is 13.7 Å². The van der Waals surface area contributed by atoms with Gasteiger partial charge in [-0.2, -0.15) is 0 Å². The Labute approximate surface area is 498 Å². The molecule has 358 valence electrons. The number of aromatic nitrogens is 6. The van der Waals surface area contributed by atoms with Gasteiger partial charge in [-0.15, -0.1) is 11.3 Å². The lowest BCUT2D eigenvalue weighted by Gasteiger charge is -2.10. The Morgan fingerprint density at radius 1 is 0.312 bits per heavy atom. The van der Waals surface area contributed by atoms with Gasteiger partial charge >= 0.3 is 0 Å². The van der Waals surface area contributed by atoms with Crippen LogP contribution in [-0.2, 0) is 0 Å². The highest BCUT2D eigenvalue weighted by Gasteiger charge is 2.22. The molecule has 11 aromatic carbocycles. The van der Waals surface area contributed by atoms with E-state index in [0.29, 0.717) is 4.70 Å². The second-order valence-electron chi connectivity index (χ2n) is 17.2. The molecule has 0 atom stereocenters. The monoisotopic (exact) mass is 1040 g/mol. The second kappa shape index (κ2) is 16.2. The molecule has 0 spiro atoms. The maximum absolute atomic E-state index is 10.3. The van der Waals surface area contributed by atoms with Gasteiger partial charge in [0.05, 0.1) is 106 Å². The molecule has 0 aliphatic rings. The highest BCUT2D eigenvalue weighted by molar-refractivity contribution is 7.26. The van der Waals surface area contributed by atoms with Gasteiger partial charge in [0.2, 0.25) is 0 Å². The van der Waals surface area contributed by atoms with Gasteiger partial charge in [0, 0.05) is 70.2 Å². The van der Waals surface area contributed by atoms with Crippen molar-refractivity contribution in [3.8, 4) is 45.1 Å². The van der Waals surface area contributed by atoms with E-state index in [-0.39, 0.29) is 27.1 Å². The average Bonchev–Trinajstić information content (AvgIpc) is 1.54. The summed E-state index contributed by atoms with van der Waals surface area (Å²) in [6, 6.07) is -29.2. The molecule has 0 amide bonds. The Morgan fingerprint density at radius 3 is 1.25 bits per heavy atom. The largest absolute Gasteiger partial charge is 0.309 e. The molecular weight excluding hydrogens is 957 g/mol. The van der Waals surface area contributed by atoms with Crippen LogP contribution < -0.4 is 0 Å². The van der Waals surface area contributed by atoms with Crippen molar-refractivity contribution < 1.29 is 52.1 Å². The summed E-state index contributed by atoms with van der Waals surface area (Å²) in [7, 11) is 0. The lowest BCUT2D eigenvalue weighted by atomic mass is 10.0. The third kappa shape index (κ3) is 6.17. The molecule has 77 heavy (non-hydrogen) atoms. The fourth-order valence-corrected chi connectivity index (χ4v) is 11.1. The molecule has 0 aliphatic heterocycles. The van der Waals surface area contributed by atoms with Crippen LogP contribution in [0.25, 0.3) is 153 Å². The van der Waals surface area contributed by atoms with Crippen molar-refractivity contribution >= 4 is 119 Å². The van der Waals surface area contributed by atoms with E-state index in [1.807, 2.05) is 0 Å². The molecule has 6 heterocycles. The van der Waals surface area contributed by atoms with Crippen molar-refractivity contribution in [3.05, 3.63) is 254 Å². The van der Waals surface area contributed by atoms with E-state index in [9.17, 15) is 24.7 Å². The summed E-state index contributed by atoms with van der Waals surface area (Å²) in [5.74, 6) is -0.290. The maximum atomic E-state index is 10.3. The number of rotatable bonds is 6. The van der Waals surface area contributed by atoms with Gasteiger partial charge in [0.1, 0.15) is 6.33 Å². The van der Waals surface area contributed by atoms with Crippen LogP contribution in [0.5, 0.6) is 0 Å². The first-order valence-electron chi connectivity index (χ1n) is 42.0. The molecule has 0 saturated carbocycles. The van der Waals surface area contributed by atoms with Gasteiger partial charge in [0.25, 0.3) is 0 Å². The normalized spacial score (nSPS) is 19.1. The third-order valence-electron chi connectivity index (χ3n) is 13.2. The van der Waals surface area contributed by atoms with Crippen LogP contribution in [0.4, 0.5) is 0 Å². The van der Waals surface area contributed by atoms with E-state index < -0.39 is 350 Å². The Hall–Kier alpha value is -10.1. The van der Waals surface area contributed by atoms with E-state index in [4.69, 9.17) is 27.4 Å². The lowest BCUT2D eigenvalue weighted by molar-refractivity contribution is 1.08. The summed E-state index contributed by atoms with van der Waals surface area (Å²) in [4.78, 5) is 9.30. The van der Waals surface area contributed by atoms with Crippen molar-refractivity contribution in [2.24, 2.45) is 0 Å². The van der Waals surface area contributed by atoms with Gasteiger partial charge in [-0.3, -0.25) is 4.57 Å². The molecule has 0 fully saturated rings. The molecule has 0 aliphatic carbocycles. The molecule has 0 N–H and O–H groups in total. The SMILES string of the molecule is [2H]c1c([2H])c([2H])c(-n2c3c([2H])c([2H])c([2H])c([2H])c3c3c([2H])c(-c4c([2H])c([2H])c5c6c([2H])c([2H])c([2H])c([2H])c6n(-c6ccc7sc8c(-n9c%10c([2H])c([2H])c([2H])c([2H])c%10c%10c([2H])c([2H])c(-c%11c([2H])c([2H])c%12c(c%11[2H])c%11c([2H])c([2H])c([2H])c([2H])c%11n%12-c%11c([2H])c([2H])c([2H])c([2H])c%11[2H])c([2H])c%109)ncnc8c7c6)c5c4[2H])c([2H])c([2H])c32)c([2H])c1[2H]. The van der Waals surface area contributed by atoms with Crippen LogP contribution >= 0.6 is 11.3 Å². The molecular formula is C70H42N6S. The highest BCUT2D eigenvalue weighted by Crippen LogP contribution is 2.44. The van der Waals surface area contributed by atoms with Crippen LogP contribution in [0.3, 0.4) is 0 Å². The van der Waals surface area contributed by atoms with Gasteiger partial charge in [0.15, 0.2) is 5.82 Å². The van der Waals surface area contributed by atoms with Crippen LogP contribution in [0.2, 0.25) is 0 Å². The molecule has 0 radical (unpaired) electrons. The zero-order chi connectivity index (χ0) is 83.4. The van der Waals surface area contributed by atoms with Crippen molar-refractivity contribution in [1.82, 2.24) is 28.2 Å². The predicted molar refractivity (Wildman–Crippen MR) is 323 cm³/mol. The number of thiophene rings is 1. The topological polar surface area (TPSA) is 45.5 Å². The van der Waals surface area contributed by atoms with E-state index in [0.717, 1.165) is 35.9 Å². The number of para-hydroxylation sites is 6. The standard InChI is InChI=1S/C70H42N6S/c1-3-15-47(16-4-1)73-60-24-12-9-21-52(60)56-37-43(29-34-63(56)73)45-27-32-54-50-19-7-11-23-59(50)75(65(54)39-45)49-31-36-67-58(41-49)68-69(77-67)70(72-42-71-68)76-62-26-14-8-20-51(62)55-33-28-46(40-66(55)76)44-30-35-64-57(38-44)53-22-10-13-25-61(53)74(64)48-17-5-2-6-18-48/h1-42H/i1D,2D,3D,4D,5D,6D,7D,8D,9D,10D,11D,12D,13D,14D,15D,16D,17D,18D,19D,20D,21D,22D,23D,24D,25D,26D,27D,28D,29D,30D,32D,33D,34D,35D,37D,38D,39D,40D. The number of nitrogens with zero attached hydrogens (tertiary/aromatic N) is 6. The summed E-state index contributed by atoms with van der Waals surface area (Å²) >= 11 is 0.926. The minimum absolute atomic E-state index is 0.0114. The highest BCUT2D eigenvalue weighted by atomic mass is 32.1. The van der Waals surface area contributed by atoms with Crippen molar-refractivity contribution in [3.63, 3.8) is 0 Å². The van der Waals surface area contributed by atoms with E-state index in [2.05, 4.69) is 9.97 Å². The summed E-state index contributed by atoms with van der Waals surface area (Å²) in [6.07, 6.45) is 1.01. The van der Waals surface area contributed by atoms with E-state index in [1.54, 1.807) is 0 Å². The lowest BCUT2D eigenvalue weighted by Crippen LogP contribution is -1.98. The van der Waals surface area contributed by atoms with Gasteiger partial charge in [-0.25, -0.2) is 9.97 Å². The van der Waals surface area contributed by atoms with Crippen LogP contribution in [0, 0.1) is 0 Å². The fourth-order valence-electron chi connectivity index (χ4n) is 10.0. The van der Waals surface area contributed by atoms with Gasteiger partial charge in [-0.05, 0) is 125 Å². The second-order valence-corrected chi connectivity index (χ2v) is 18.3. The Balaban J connectivity index is 0.947. The number of hydrogen-bond acceptors (Lipinski definition) is 3. The fraction of sp³-hybridized carbons (Fsp3) is 0. The summed E-state index contributed by atoms with van der Waals surface area (Å²) in [5, 5.41) is -3.89. The summed E-state index contributed by atoms with van der Waals surface area (Å²) < 4.78 is 355. The molecule has 6 aromatic heterocycles. The Bertz CT molecular complexity index is 7580. The zero-order valence-electron chi connectivity index (χ0n) is 76.4. The smallest absolute Gasteiger partial charge is 0.159 e. The summed E-state index contributed by atoms with van der Waals surface area (Å²) in [6.45, 7) is 0. The Kier molecular flexibility index (Phi) is 4.19. The first-order chi connectivity index (χ1) is 54.0. The minimum atomic E-state index is -1.02.